The Kier molecular flexibility index (Phi) is 5.78. The molecule has 2 aromatic rings. The van der Waals surface area contributed by atoms with Crippen LogP contribution in [0.15, 0.2) is 42.5 Å². The van der Waals surface area contributed by atoms with E-state index in [1.807, 2.05) is 19.1 Å². The molecule has 6 nitrogen and oxygen atoms in total. The van der Waals surface area contributed by atoms with E-state index in [1.54, 1.807) is 12.1 Å². The predicted molar refractivity (Wildman–Crippen MR) is 89.4 cm³/mol. The summed E-state index contributed by atoms with van der Waals surface area (Å²) in [5, 5.41) is 12.3. The van der Waals surface area contributed by atoms with Gasteiger partial charge in [-0.2, -0.15) is 0 Å². The van der Waals surface area contributed by atoms with Crippen LogP contribution in [0.1, 0.15) is 22.8 Å². The van der Waals surface area contributed by atoms with E-state index in [4.69, 9.17) is 9.47 Å². The molecule has 0 aromatic heterocycles. The molecule has 0 heterocycles. The Balaban J connectivity index is 1.92. The molecule has 0 aliphatic rings. The fourth-order valence-corrected chi connectivity index (χ4v) is 2.04. The number of anilines is 1. The number of esters is 1. The molecule has 24 heavy (non-hydrogen) atoms. The fourth-order valence-electron chi connectivity index (χ4n) is 2.04. The second-order valence-electron chi connectivity index (χ2n) is 5.06. The first kappa shape index (κ1) is 17.3. The number of carbonyl (C=O) groups excluding carboxylic acids is 2. The van der Waals surface area contributed by atoms with Gasteiger partial charge in [0, 0.05) is 5.69 Å². The van der Waals surface area contributed by atoms with Gasteiger partial charge in [-0.1, -0.05) is 19.1 Å². The van der Waals surface area contributed by atoms with Gasteiger partial charge in [0.1, 0.15) is 17.1 Å². The van der Waals surface area contributed by atoms with Crippen LogP contribution in [-0.4, -0.2) is 30.7 Å². The molecule has 1 amide bonds. The highest BCUT2D eigenvalue weighted by atomic mass is 16.5. The van der Waals surface area contributed by atoms with Gasteiger partial charge in [0.2, 0.25) is 0 Å². The Morgan fingerprint density at radius 2 is 1.83 bits per heavy atom. The lowest BCUT2D eigenvalue weighted by Gasteiger charge is -2.09. The lowest BCUT2D eigenvalue weighted by Crippen LogP contribution is -2.21. The summed E-state index contributed by atoms with van der Waals surface area (Å²) in [6, 6.07) is 11.6. The van der Waals surface area contributed by atoms with Gasteiger partial charge < -0.3 is 19.9 Å². The lowest BCUT2D eigenvalue weighted by molar-refractivity contribution is -0.119. The summed E-state index contributed by atoms with van der Waals surface area (Å²) in [5.41, 5.74) is 1.72. The Labute approximate surface area is 140 Å². The summed E-state index contributed by atoms with van der Waals surface area (Å²) in [6.07, 6.45) is 0.913. The van der Waals surface area contributed by atoms with Crippen LogP contribution in [0.3, 0.4) is 0 Å². The second kappa shape index (κ2) is 8.01. The number of carbonyl (C=O) groups is 2. The number of methoxy groups -OCH3 is 1. The van der Waals surface area contributed by atoms with Crippen molar-refractivity contribution in [1.29, 1.82) is 0 Å². The maximum Gasteiger partial charge on any atom is 0.342 e. The Bertz CT molecular complexity index is 725. The van der Waals surface area contributed by atoms with E-state index in [-0.39, 0.29) is 11.3 Å². The highest BCUT2D eigenvalue weighted by Gasteiger charge is 2.15. The molecular formula is C18H19NO5. The van der Waals surface area contributed by atoms with E-state index >= 15 is 0 Å². The van der Waals surface area contributed by atoms with Crippen molar-refractivity contribution in [3.63, 3.8) is 0 Å². The highest BCUT2D eigenvalue weighted by Crippen LogP contribution is 2.23. The molecule has 0 unspecified atom stereocenters. The Morgan fingerprint density at radius 1 is 1.12 bits per heavy atom. The zero-order chi connectivity index (χ0) is 17.5. The van der Waals surface area contributed by atoms with Crippen LogP contribution in [-0.2, 0) is 16.0 Å². The van der Waals surface area contributed by atoms with Crippen LogP contribution >= 0.6 is 0 Å². The van der Waals surface area contributed by atoms with Crippen molar-refractivity contribution >= 4 is 17.6 Å². The van der Waals surface area contributed by atoms with Crippen LogP contribution < -0.4 is 10.1 Å². The molecule has 0 fully saturated rings. The molecule has 2 N–H and O–H groups in total. The van der Waals surface area contributed by atoms with Gasteiger partial charge in [-0.25, -0.2) is 4.79 Å². The zero-order valence-corrected chi connectivity index (χ0v) is 13.5. The number of phenolic OH excluding ortho intramolecular Hbond substituents is 1. The van der Waals surface area contributed by atoms with Crippen molar-refractivity contribution in [2.75, 3.05) is 19.0 Å². The predicted octanol–water partition coefficient (Wildman–Crippen LogP) is 2.76. The van der Waals surface area contributed by atoms with Crippen molar-refractivity contribution in [2.24, 2.45) is 0 Å². The molecule has 0 radical (unpaired) electrons. The third-order valence-electron chi connectivity index (χ3n) is 3.40. The van der Waals surface area contributed by atoms with Crippen LogP contribution in [0.4, 0.5) is 5.69 Å². The molecule has 0 aliphatic carbocycles. The molecule has 2 rings (SSSR count). The van der Waals surface area contributed by atoms with Crippen LogP contribution in [0.2, 0.25) is 0 Å². The van der Waals surface area contributed by atoms with E-state index < -0.39 is 18.5 Å². The number of rotatable bonds is 6. The van der Waals surface area contributed by atoms with Crippen LogP contribution in [0.5, 0.6) is 11.5 Å². The number of aromatic hydroxyl groups is 1. The summed E-state index contributed by atoms with van der Waals surface area (Å²) >= 11 is 0. The summed E-state index contributed by atoms with van der Waals surface area (Å²) in [5.74, 6) is -1.10. The average Bonchev–Trinajstić information content (AvgIpc) is 2.60. The van der Waals surface area contributed by atoms with Crippen molar-refractivity contribution in [3.8, 4) is 11.5 Å². The number of hydrogen-bond donors (Lipinski definition) is 2. The number of amides is 1. The van der Waals surface area contributed by atoms with Gasteiger partial charge >= 0.3 is 5.97 Å². The van der Waals surface area contributed by atoms with E-state index in [9.17, 15) is 14.7 Å². The SMILES string of the molecule is CCc1ccc(NC(=O)COC(=O)c2cc(OC)ccc2O)cc1. The minimum atomic E-state index is -0.803. The monoisotopic (exact) mass is 329 g/mol. The second-order valence-corrected chi connectivity index (χ2v) is 5.06. The number of phenols is 1. The summed E-state index contributed by atoms with van der Waals surface area (Å²) < 4.78 is 9.91. The van der Waals surface area contributed by atoms with E-state index in [2.05, 4.69) is 5.32 Å². The molecule has 6 heteroatoms. The molecule has 0 bridgehead atoms. The van der Waals surface area contributed by atoms with Gasteiger partial charge in [0.15, 0.2) is 6.61 Å². The quantitative estimate of drug-likeness (QED) is 0.796. The van der Waals surface area contributed by atoms with E-state index in [0.29, 0.717) is 11.4 Å². The van der Waals surface area contributed by atoms with Crippen molar-refractivity contribution in [2.45, 2.75) is 13.3 Å². The van der Waals surface area contributed by atoms with Gasteiger partial charge in [-0.15, -0.1) is 0 Å². The lowest BCUT2D eigenvalue weighted by atomic mass is 10.1. The molecule has 2 aromatic carbocycles. The van der Waals surface area contributed by atoms with Gasteiger partial charge in [0.25, 0.3) is 5.91 Å². The Morgan fingerprint density at radius 3 is 2.46 bits per heavy atom. The first-order valence-electron chi connectivity index (χ1n) is 7.46. The van der Waals surface area contributed by atoms with E-state index in [0.717, 1.165) is 12.0 Å². The fraction of sp³-hybridized carbons (Fsp3) is 0.222. The summed E-state index contributed by atoms with van der Waals surface area (Å²) in [7, 11) is 1.44. The van der Waals surface area contributed by atoms with Gasteiger partial charge in [-0.3, -0.25) is 4.79 Å². The van der Waals surface area contributed by atoms with Gasteiger partial charge in [0.05, 0.1) is 7.11 Å². The zero-order valence-electron chi connectivity index (χ0n) is 13.5. The molecule has 0 saturated heterocycles. The number of benzene rings is 2. The normalized spacial score (nSPS) is 10.1. The number of ether oxygens (including phenoxy) is 2. The highest BCUT2D eigenvalue weighted by molar-refractivity contribution is 5.97. The third kappa shape index (κ3) is 4.49. The number of hydrogen-bond acceptors (Lipinski definition) is 5. The van der Waals surface area contributed by atoms with Crippen LogP contribution in [0.25, 0.3) is 0 Å². The smallest absolute Gasteiger partial charge is 0.342 e. The van der Waals surface area contributed by atoms with E-state index in [1.165, 1.54) is 25.3 Å². The van der Waals surface area contributed by atoms with Gasteiger partial charge in [-0.05, 0) is 42.3 Å². The molecule has 0 atom stereocenters. The molecule has 0 spiro atoms. The first-order chi connectivity index (χ1) is 11.5. The summed E-state index contributed by atoms with van der Waals surface area (Å²) in [4.78, 5) is 23.8. The topological polar surface area (TPSA) is 84.9 Å². The Hall–Kier alpha value is -3.02. The average molecular weight is 329 g/mol. The number of nitrogens with one attached hydrogen (secondary N) is 1. The molecule has 0 aliphatic heterocycles. The largest absolute Gasteiger partial charge is 0.507 e. The minimum absolute atomic E-state index is 0.0607. The molecule has 126 valence electrons. The summed E-state index contributed by atoms with van der Waals surface area (Å²) in [6.45, 7) is 1.59. The van der Waals surface area contributed by atoms with Crippen molar-refractivity contribution in [3.05, 3.63) is 53.6 Å². The number of aryl methyl sites for hydroxylation is 1. The molecular weight excluding hydrogens is 310 g/mol. The molecule has 0 saturated carbocycles. The van der Waals surface area contributed by atoms with Crippen molar-refractivity contribution < 1.29 is 24.2 Å². The van der Waals surface area contributed by atoms with Crippen molar-refractivity contribution in [1.82, 2.24) is 0 Å². The third-order valence-corrected chi connectivity index (χ3v) is 3.40. The maximum absolute atomic E-state index is 12.0. The standard InChI is InChI=1S/C18H19NO5/c1-3-12-4-6-13(7-5-12)19-17(21)11-24-18(22)15-10-14(23-2)8-9-16(15)20/h4-10,20H,3,11H2,1-2H3,(H,19,21). The minimum Gasteiger partial charge on any atom is -0.507 e. The first-order valence-corrected chi connectivity index (χ1v) is 7.46. The van der Waals surface area contributed by atoms with Crippen LogP contribution in [0, 0.1) is 0 Å². The maximum atomic E-state index is 12.0.